The number of dihydropyridines is 1. The van der Waals surface area contributed by atoms with Crippen LogP contribution in [0.3, 0.4) is 0 Å². The number of aliphatic hydroxyl groups excluding tert-OH is 1. The Bertz CT molecular complexity index is 1460. The number of allylic oxidation sites excluding steroid dienone is 3. The van der Waals surface area contributed by atoms with E-state index in [4.69, 9.17) is 19.6 Å². The summed E-state index contributed by atoms with van der Waals surface area (Å²) in [5.41, 5.74) is 7.21. The van der Waals surface area contributed by atoms with Crippen molar-refractivity contribution in [1.82, 2.24) is 5.32 Å². The fourth-order valence-corrected chi connectivity index (χ4v) is 5.91. The topological polar surface area (TPSA) is 144 Å². The predicted octanol–water partition coefficient (Wildman–Crippen LogP) is 3.62. The van der Waals surface area contributed by atoms with E-state index in [2.05, 4.69) is 5.32 Å². The standard InChI is InChI=1S/C30H36N2O7/c1-4-19(17-7-5-6-8-17)29(36)38-23-14-20-26(35)25-22(34)13-18(15-33)37-28(25)21(27(20)39-30(23,2)3)11-16-9-10-32-24(31)12-16/h4,9,12-13,17,23,32-33,35H,5-8,10-11,14-15,31H2,1-3H3. The number of hydrogen-bond donors (Lipinski definition) is 4. The largest absolute Gasteiger partial charge is 0.507 e. The number of aromatic hydroxyl groups is 1. The lowest BCUT2D eigenvalue weighted by atomic mass is 9.86. The zero-order valence-electron chi connectivity index (χ0n) is 22.6. The molecule has 0 amide bonds. The van der Waals surface area contributed by atoms with Crippen molar-refractivity contribution in [2.45, 2.75) is 77.6 Å². The van der Waals surface area contributed by atoms with Gasteiger partial charge >= 0.3 is 5.97 Å². The third-order valence-corrected chi connectivity index (χ3v) is 8.01. The number of carbonyl (C=O) groups excluding carboxylic acids is 1. The monoisotopic (exact) mass is 536 g/mol. The van der Waals surface area contributed by atoms with Crippen molar-refractivity contribution in [3.8, 4) is 11.5 Å². The second kappa shape index (κ2) is 10.4. The molecule has 3 heterocycles. The van der Waals surface area contributed by atoms with Crippen LogP contribution in [0.15, 0.2) is 50.5 Å². The Hall–Kier alpha value is -3.72. The Morgan fingerprint density at radius 3 is 2.72 bits per heavy atom. The van der Waals surface area contributed by atoms with Crippen LogP contribution in [0.2, 0.25) is 0 Å². The maximum atomic E-state index is 13.3. The molecule has 1 fully saturated rings. The first-order valence-corrected chi connectivity index (χ1v) is 13.5. The maximum Gasteiger partial charge on any atom is 0.334 e. The number of aliphatic hydroxyl groups is 1. The van der Waals surface area contributed by atoms with Crippen molar-refractivity contribution >= 4 is 16.9 Å². The van der Waals surface area contributed by atoms with Crippen LogP contribution in [0.4, 0.5) is 0 Å². The third-order valence-electron chi connectivity index (χ3n) is 8.01. The number of rotatable bonds is 6. The fourth-order valence-electron chi connectivity index (χ4n) is 5.91. The summed E-state index contributed by atoms with van der Waals surface area (Å²) in [5.74, 6) is 0.518. The van der Waals surface area contributed by atoms with Crippen molar-refractivity contribution in [1.29, 1.82) is 0 Å². The molecular weight excluding hydrogens is 500 g/mol. The molecule has 1 saturated carbocycles. The normalized spacial score (nSPS) is 21.0. The van der Waals surface area contributed by atoms with E-state index in [-0.39, 0.29) is 40.8 Å². The molecule has 2 aromatic rings. The second-order valence-electron chi connectivity index (χ2n) is 11.0. The molecule has 5 rings (SSSR count). The first kappa shape index (κ1) is 26.9. The van der Waals surface area contributed by atoms with E-state index in [1.54, 1.807) is 6.08 Å². The zero-order valence-corrected chi connectivity index (χ0v) is 22.6. The van der Waals surface area contributed by atoms with Gasteiger partial charge in [0.05, 0.1) is 5.82 Å². The minimum Gasteiger partial charge on any atom is -0.507 e. The summed E-state index contributed by atoms with van der Waals surface area (Å²) >= 11 is 0. The van der Waals surface area contributed by atoms with Gasteiger partial charge in [0.25, 0.3) is 0 Å². The van der Waals surface area contributed by atoms with Crippen molar-refractivity contribution in [3.63, 3.8) is 0 Å². The molecule has 2 aliphatic heterocycles. The Morgan fingerprint density at radius 1 is 1.31 bits per heavy atom. The van der Waals surface area contributed by atoms with Gasteiger partial charge in [-0.3, -0.25) is 4.79 Å². The van der Waals surface area contributed by atoms with Gasteiger partial charge in [0.15, 0.2) is 5.43 Å². The van der Waals surface area contributed by atoms with Gasteiger partial charge in [-0.05, 0) is 51.2 Å². The number of fused-ring (bicyclic) bond motifs is 2. The van der Waals surface area contributed by atoms with E-state index < -0.39 is 23.7 Å². The highest BCUT2D eigenvalue weighted by Gasteiger charge is 2.44. The molecule has 9 nitrogen and oxygen atoms in total. The van der Waals surface area contributed by atoms with Gasteiger partial charge in [0, 0.05) is 42.2 Å². The van der Waals surface area contributed by atoms with Crippen LogP contribution in [0.25, 0.3) is 11.0 Å². The first-order valence-electron chi connectivity index (χ1n) is 13.5. The summed E-state index contributed by atoms with van der Waals surface area (Å²) < 4.78 is 18.5. The molecule has 3 aliphatic rings. The summed E-state index contributed by atoms with van der Waals surface area (Å²) in [6, 6.07) is 1.17. The van der Waals surface area contributed by atoms with Gasteiger partial charge in [0.1, 0.15) is 46.5 Å². The molecule has 0 radical (unpaired) electrons. The van der Waals surface area contributed by atoms with Crippen LogP contribution in [0, 0.1) is 5.92 Å². The lowest BCUT2D eigenvalue weighted by Gasteiger charge is -2.40. The number of phenols is 1. The highest BCUT2D eigenvalue weighted by atomic mass is 16.6. The van der Waals surface area contributed by atoms with Gasteiger partial charge in [0.2, 0.25) is 0 Å². The van der Waals surface area contributed by atoms with Crippen LogP contribution < -0.4 is 21.2 Å². The molecule has 0 spiro atoms. The van der Waals surface area contributed by atoms with Crippen LogP contribution in [-0.2, 0) is 29.0 Å². The maximum absolute atomic E-state index is 13.3. The summed E-state index contributed by atoms with van der Waals surface area (Å²) in [5, 5.41) is 24.1. The van der Waals surface area contributed by atoms with E-state index in [9.17, 15) is 19.8 Å². The molecular formula is C30H36N2O7. The number of nitrogens with one attached hydrogen (secondary N) is 1. The average Bonchev–Trinajstić information content (AvgIpc) is 3.41. The van der Waals surface area contributed by atoms with Gasteiger partial charge in [-0.2, -0.15) is 0 Å². The molecule has 1 atom stereocenters. The van der Waals surface area contributed by atoms with Crippen LogP contribution in [-0.4, -0.2) is 34.4 Å². The number of nitrogens with two attached hydrogens (primary N) is 1. The summed E-state index contributed by atoms with van der Waals surface area (Å²) in [6.07, 6.45) is 9.48. The molecule has 1 aromatic heterocycles. The molecule has 208 valence electrons. The quantitative estimate of drug-likeness (QED) is 0.321. The number of phenolic OH excluding ortho intramolecular Hbond substituents is 1. The van der Waals surface area contributed by atoms with E-state index in [1.165, 1.54) is 6.07 Å². The van der Waals surface area contributed by atoms with Gasteiger partial charge < -0.3 is 35.2 Å². The lowest BCUT2D eigenvalue weighted by Crippen LogP contribution is -2.49. The SMILES string of the molecule is CC=C(C(=O)OC1Cc2c(c(CC3=CCNC(N)=C3)c3oc(CO)cc(=O)c3c2O)OC1(C)C)C1CCCC1. The van der Waals surface area contributed by atoms with Gasteiger partial charge in [-0.15, -0.1) is 0 Å². The van der Waals surface area contributed by atoms with E-state index >= 15 is 0 Å². The molecule has 1 unspecified atom stereocenters. The smallest absolute Gasteiger partial charge is 0.334 e. The minimum atomic E-state index is -0.946. The first-order chi connectivity index (χ1) is 18.6. The molecule has 39 heavy (non-hydrogen) atoms. The van der Waals surface area contributed by atoms with E-state index in [0.717, 1.165) is 31.3 Å². The van der Waals surface area contributed by atoms with Crippen molar-refractivity contribution in [2.75, 3.05) is 6.54 Å². The predicted molar refractivity (Wildman–Crippen MR) is 146 cm³/mol. The minimum absolute atomic E-state index is 0.000849. The number of carbonyl (C=O) groups is 1. The Morgan fingerprint density at radius 2 is 2.05 bits per heavy atom. The van der Waals surface area contributed by atoms with Crippen molar-refractivity contribution in [3.05, 3.63) is 68.4 Å². The highest BCUT2D eigenvalue weighted by molar-refractivity contribution is 5.91. The summed E-state index contributed by atoms with van der Waals surface area (Å²) in [4.78, 5) is 26.4. The number of esters is 1. The molecule has 1 aromatic carbocycles. The number of hydrogen-bond acceptors (Lipinski definition) is 9. The molecule has 0 saturated heterocycles. The zero-order chi connectivity index (χ0) is 27.9. The molecule has 0 bridgehead atoms. The molecule has 9 heteroatoms. The Labute approximate surface area is 227 Å². The van der Waals surface area contributed by atoms with Crippen molar-refractivity contribution in [2.24, 2.45) is 11.7 Å². The summed E-state index contributed by atoms with van der Waals surface area (Å²) in [7, 11) is 0. The average molecular weight is 537 g/mol. The van der Waals surface area contributed by atoms with E-state index in [1.807, 2.05) is 32.9 Å². The third kappa shape index (κ3) is 5.03. The number of benzene rings is 1. The van der Waals surface area contributed by atoms with Crippen LogP contribution in [0.1, 0.15) is 63.3 Å². The second-order valence-corrected chi connectivity index (χ2v) is 11.0. The molecule has 5 N–H and O–H groups in total. The lowest BCUT2D eigenvalue weighted by molar-refractivity contribution is -0.157. The Kier molecular flexibility index (Phi) is 7.20. The highest BCUT2D eigenvalue weighted by Crippen LogP contribution is 2.47. The van der Waals surface area contributed by atoms with Gasteiger partial charge in [-0.1, -0.05) is 25.0 Å². The van der Waals surface area contributed by atoms with E-state index in [0.29, 0.717) is 41.2 Å². The van der Waals surface area contributed by atoms with Gasteiger partial charge in [-0.25, -0.2) is 4.79 Å². The van der Waals surface area contributed by atoms with Crippen LogP contribution >= 0.6 is 0 Å². The number of ether oxygens (including phenoxy) is 2. The summed E-state index contributed by atoms with van der Waals surface area (Å²) in [6.45, 7) is 5.60. The fraction of sp³-hybridized carbons (Fsp3) is 0.467. The van der Waals surface area contributed by atoms with Crippen molar-refractivity contribution < 1.29 is 28.9 Å². The van der Waals surface area contributed by atoms with Crippen LogP contribution in [0.5, 0.6) is 11.5 Å². The molecule has 1 aliphatic carbocycles. The Balaban J connectivity index is 1.60.